The summed E-state index contributed by atoms with van der Waals surface area (Å²) in [5.41, 5.74) is 1.75. The highest BCUT2D eigenvalue weighted by atomic mass is 16.1. The third-order valence-electron chi connectivity index (χ3n) is 4.47. The van der Waals surface area contributed by atoms with Gasteiger partial charge in [0.15, 0.2) is 5.78 Å². The summed E-state index contributed by atoms with van der Waals surface area (Å²) in [4.78, 5) is 17.2. The number of hydrogen-bond donors (Lipinski definition) is 0. The molecule has 0 saturated heterocycles. The van der Waals surface area contributed by atoms with Crippen molar-refractivity contribution in [2.45, 2.75) is 33.1 Å². The molecule has 0 amide bonds. The second-order valence-corrected chi connectivity index (χ2v) is 6.18. The van der Waals surface area contributed by atoms with Crippen LogP contribution in [0.1, 0.15) is 43.5 Å². The average Bonchev–Trinajstić information content (AvgIpc) is 2.77. The van der Waals surface area contributed by atoms with E-state index in [0.717, 1.165) is 35.7 Å². The van der Waals surface area contributed by atoms with Crippen molar-refractivity contribution in [1.29, 1.82) is 0 Å². The van der Waals surface area contributed by atoms with Crippen LogP contribution in [0.15, 0.2) is 36.5 Å². The monoisotopic (exact) mass is 253 g/mol. The minimum Gasteiger partial charge on any atom is -0.294 e. The van der Waals surface area contributed by atoms with E-state index < -0.39 is 0 Å². The molecular weight excluding hydrogens is 234 g/mol. The van der Waals surface area contributed by atoms with E-state index >= 15 is 0 Å². The third-order valence-corrected chi connectivity index (χ3v) is 4.47. The molecule has 1 atom stereocenters. The van der Waals surface area contributed by atoms with Crippen LogP contribution in [0, 0.1) is 11.3 Å². The predicted molar refractivity (Wildman–Crippen MR) is 77.2 cm³/mol. The van der Waals surface area contributed by atoms with Crippen LogP contribution in [0.3, 0.4) is 0 Å². The third kappa shape index (κ3) is 2.05. The summed E-state index contributed by atoms with van der Waals surface area (Å²) in [5, 5.41) is 1.05. The minimum absolute atomic E-state index is 0.119. The molecule has 1 aromatic carbocycles. The van der Waals surface area contributed by atoms with Crippen molar-refractivity contribution >= 4 is 16.7 Å². The second-order valence-electron chi connectivity index (χ2n) is 6.18. The lowest BCUT2D eigenvalue weighted by molar-refractivity contribution is 0.0841. The topological polar surface area (TPSA) is 30.0 Å². The number of pyridine rings is 1. The number of nitrogens with zero attached hydrogens (tertiary/aromatic N) is 1. The van der Waals surface area contributed by atoms with Crippen molar-refractivity contribution in [1.82, 2.24) is 4.98 Å². The number of fused-ring (bicyclic) bond motifs is 1. The van der Waals surface area contributed by atoms with Gasteiger partial charge in [-0.3, -0.25) is 9.78 Å². The molecule has 1 fully saturated rings. The molecule has 0 aliphatic heterocycles. The van der Waals surface area contributed by atoms with E-state index in [9.17, 15) is 4.79 Å². The standard InChI is InChI=1S/C17H19NO/c1-17(2)10-4-9-14(17)16(19)13-8-3-6-12-7-5-11-18-15(12)13/h3,5-8,11,14H,4,9-10H2,1-2H3. The van der Waals surface area contributed by atoms with Gasteiger partial charge in [-0.15, -0.1) is 0 Å². The van der Waals surface area contributed by atoms with Crippen molar-refractivity contribution in [3.05, 3.63) is 42.1 Å². The number of benzene rings is 1. The van der Waals surface area contributed by atoms with Crippen molar-refractivity contribution in [3.63, 3.8) is 0 Å². The molecule has 0 bridgehead atoms. The molecule has 3 rings (SSSR count). The second kappa shape index (κ2) is 4.44. The van der Waals surface area contributed by atoms with Crippen molar-refractivity contribution in [2.75, 3.05) is 0 Å². The number of aromatic nitrogens is 1. The lowest BCUT2D eigenvalue weighted by Crippen LogP contribution is -2.26. The summed E-state index contributed by atoms with van der Waals surface area (Å²) in [7, 11) is 0. The highest BCUT2D eigenvalue weighted by molar-refractivity contribution is 6.08. The molecule has 2 heteroatoms. The number of para-hydroxylation sites is 1. The Morgan fingerprint density at radius 2 is 2.05 bits per heavy atom. The first-order valence-electron chi connectivity index (χ1n) is 6.97. The molecule has 1 heterocycles. The van der Waals surface area contributed by atoms with Gasteiger partial charge in [0.1, 0.15) is 0 Å². The lowest BCUT2D eigenvalue weighted by Gasteiger charge is -2.25. The Balaban J connectivity index is 2.07. The number of rotatable bonds is 2. The quantitative estimate of drug-likeness (QED) is 0.749. The van der Waals surface area contributed by atoms with E-state index in [2.05, 4.69) is 18.8 Å². The van der Waals surface area contributed by atoms with Crippen molar-refractivity contribution < 1.29 is 4.79 Å². The average molecular weight is 253 g/mol. The van der Waals surface area contributed by atoms with Crippen LogP contribution >= 0.6 is 0 Å². The molecule has 0 N–H and O–H groups in total. The summed E-state index contributed by atoms with van der Waals surface area (Å²) in [6, 6.07) is 9.82. The zero-order valence-electron chi connectivity index (χ0n) is 11.5. The number of hydrogen-bond acceptors (Lipinski definition) is 2. The number of carbonyl (C=O) groups excluding carboxylic acids is 1. The minimum atomic E-state index is 0.119. The van der Waals surface area contributed by atoms with Gasteiger partial charge in [-0.2, -0.15) is 0 Å². The molecule has 1 unspecified atom stereocenters. The highest BCUT2D eigenvalue weighted by Crippen LogP contribution is 2.44. The first-order chi connectivity index (χ1) is 9.09. The number of carbonyl (C=O) groups is 1. The van der Waals surface area contributed by atoms with E-state index in [1.807, 2.05) is 30.3 Å². The summed E-state index contributed by atoms with van der Waals surface area (Å²) in [6.07, 6.45) is 5.07. The SMILES string of the molecule is CC1(C)CCCC1C(=O)c1cccc2cccnc12. The van der Waals surface area contributed by atoms with E-state index in [1.54, 1.807) is 6.20 Å². The maximum atomic E-state index is 12.8. The molecule has 0 radical (unpaired) electrons. The zero-order valence-corrected chi connectivity index (χ0v) is 11.5. The van der Waals surface area contributed by atoms with E-state index in [0.29, 0.717) is 0 Å². The Hall–Kier alpha value is -1.70. The summed E-state index contributed by atoms with van der Waals surface area (Å²) >= 11 is 0. The molecule has 0 spiro atoms. The number of ketones is 1. The predicted octanol–water partition coefficient (Wildman–Crippen LogP) is 4.24. The molecule has 1 aliphatic carbocycles. The van der Waals surface area contributed by atoms with Gasteiger partial charge in [-0.1, -0.05) is 38.5 Å². The first kappa shape index (κ1) is 12.3. The van der Waals surface area contributed by atoms with Gasteiger partial charge in [0.25, 0.3) is 0 Å². The zero-order chi connectivity index (χ0) is 13.5. The molecule has 1 aliphatic rings. The van der Waals surface area contributed by atoms with E-state index in [-0.39, 0.29) is 17.1 Å². The van der Waals surface area contributed by atoms with Gasteiger partial charge in [0, 0.05) is 23.1 Å². The fraction of sp³-hybridized carbons (Fsp3) is 0.412. The normalized spacial score (nSPS) is 21.7. The van der Waals surface area contributed by atoms with Crippen LogP contribution in [0.4, 0.5) is 0 Å². The van der Waals surface area contributed by atoms with Crippen LogP contribution in [0.25, 0.3) is 10.9 Å². The number of Topliss-reactive ketones (excluding diaryl/α,β-unsaturated/α-hetero) is 1. The van der Waals surface area contributed by atoms with Gasteiger partial charge in [0.2, 0.25) is 0 Å². The van der Waals surface area contributed by atoms with E-state index in [4.69, 9.17) is 0 Å². The Morgan fingerprint density at radius 3 is 2.79 bits per heavy atom. The van der Waals surface area contributed by atoms with Gasteiger partial charge in [0.05, 0.1) is 5.52 Å². The van der Waals surface area contributed by atoms with Gasteiger partial charge in [-0.05, 0) is 30.4 Å². The van der Waals surface area contributed by atoms with E-state index in [1.165, 1.54) is 0 Å². The highest BCUT2D eigenvalue weighted by Gasteiger charge is 2.39. The summed E-state index contributed by atoms with van der Waals surface area (Å²) in [6.45, 7) is 4.42. The fourth-order valence-corrected chi connectivity index (χ4v) is 3.30. The molecular formula is C17H19NO. The Kier molecular flexibility index (Phi) is 2.89. The van der Waals surface area contributed by atoms with Crippen molar-refractivity contribution in [3.8, 4) is 0 Å². The fourth-order valence-electron chi connectivity index (χ4n) is 3.30. The largest absolute Gasteiger partial charge is 0.294 e. The van der Waals surface area contributed by atoms with Gasteiger partial charge in [-0.25, -0.2) is 0 Å². The molecule has 2 aromatic rings. The Labute approximate surface area is 113 Å². The van der Waals surface area contributed by atoms with Gasteiger partial charge >= 0.3 is 0 Å². The smallest absolute Gasteiger partial charge is 0.168 e. The molecule has 2 nitrogen and oxygen atoms in total. The van der Waals surface area contributed by atoms with Crippen LogP contribution in [-0.4, -0.2) is 10.8 Å². The maximum Gasteiger partial charge on any atom is 0.168 e. The van der Waals surface area contributed by atoms with Crippen LogP contribution in [-0.2, 0) is 0 Å². The Bertz CT molecular complexity index is 625. The molecule has 19 heavy (non-hydrogen) atoms. The molecule has 98 valence electrons. The van der Waals surface area contributed by atoms with Crippen LogP contribution < -0.4 is 0 Å². The van der Waals surface area contributed by atoms with Crippen molar-refractivity contribution in [2.24, 2.45) is 11.3 Å². The Morgan fingerprint density at radius 1 is 1.26 bits per heavy atom. The van der Waals surface area contributed by atoms with Crippen LogP contribution in [0.2, 0.25) is 0 Å². The molecule has 1 aromatic heterocycles. The maximum absolute atomic E-state index is 12.8. The summed E-state index contributed by atoms with van der Waals surface area (Å²) < 4.78 is 0. The summed E-state index contributed by atoms with van der Waals surface area (Å²) in [5.74, 6) is 0.409. The van der Waals surface area contributed by atoms with Crippen LogP contribution in [0.5, 0.6) is 0 Å². The molecule has 1 saturated carbocycles. The lowest BCUT2D eigenvalue weighted by atomic mass is 9.77. The first-order valence-corrected chi connectivity index (χ1v) is 6.97. The van der Waals surface area contributed by atoms with Gasteiger partial charge < -0.3 is 0 Å².